The fourth-order valence-corrected chi connectivity index (χ4v) is 6.25. The maximum Gasteiger partial charge on any atom is 0.322 e. The molecule has 1 amide bonds. The molecule has 1 aliphatic rings. The van der Waals surface area contributed by atoms with Crippen LogP contribution in [0.25, 0.3) is 11.5 Å². The number of nitrogens with zero attached hydrogens (tertiary/aromatic N) is 3. The van der Waals surface area contributed by atoms with Gasteiger partial charge in [-0.15, -0.1) is 5.10 Å². The fourth-order valence-electron chi connectivity index (χ4n) is 3.58. The van der Waals surface area contributed by atoms with Gasteiger partial charge in [-0.25, -0.2) is 16.8 Å². The molecule has 34 heavy (non-hydrogen) atoms. The predicted molar refractivity (Wildman–Crippen MR) is 124 cm³/mol. The van der Waals surface area contributed by atoms with Crippen molar-refractivity contribution in [3.63, 3.8) is 0 Å². The maximum absolute atomic E-state index is 13.0. The third kappa shape index (κ3) is 4.85. The molecule has 1 fully saturated rings. The minimum Gasteiger partial charge on any atom is -0.403 e. The molecule has 0 spiro atoms. The number of sulfonamides is 1. The molecule has 1 unspecified atom stereocenters. The first-order valence-corrected chi connectivity index (χ1v) is 13.8. The molecule has 1 aromatic heterocycles. The number of amides is 1. The van der Waals surface area contributed by atoms with Crippen molar-refractivity contribution in [3.8, 4) is 11.5 Å². The Morgan fingerprint density at radius 3 is 2.35 bits per heavy atom. The Labute approximate surface area is 201 Å². The normalized spacial score (nSPS) is 17.1. The number of anilines is 1. The Balaban J connectivity index is 1.48. The quantitative estimate of drug-likeness (QED) is 0.497. The van der Waals surface area contributed by atoms with E-state index in [1.807, 2.05) is 0 Å². The van der Waals surface area contributed by atoms with Crippen LogP contribution >= 0.6 is 11.6 Å². The Morgan fingerprint density at radius 1 is 1.06 bits per heavy atom. The maximum atomic E-state index is 13.0. The van der Waals surface area contributed by atoms with Gasteiger partial charge in [0.1, 0.15) is 6.04 Å². The van der Waals surface area contributed by atoms with Crippen molar-refractivity contribution >= 4 is 43.4 Å². The Morgan fingerprint density at radius 2 is 1.71 bits per heavy atom. The second-order valence-corrected chi connectivity index (χ2v) is 12.2. The van der Waals surface area contributed by atoms with Crippen LogP contribution in [0.15, 0.2) is 62.7 Å². The van der Waals surface area contributed by atoms with Gasteiger partial charge < -0.3 is 4.42 Å². The summed E-state index contributed by atoms with van der Waals surface area (Å²) in [5.41, 5.74) is 0.468. The summed E-state index contributed by atoms with van der Waals surface area (Å²) in [4.78, 5) is 13.1. The van der Waals surface area contributed by atoms with Crippen molar-refractivity contribution in [1.29, 1.82) is 0 Å². The van der Waals surface area contributed by atoms with E-state index in [1.54, 1.807) is 6.92 Å². The molecule has 13 heteroatoms. The molecule has 1 atom stereocenters. The van der Waals surface area contributed by atoms with Crippen molar-refractivity contribution in [2.75, 3.05) is 17.6 Å². The largest absolute Gasteiger partial charge is 0.403 e. The lowest BCUT2D eigenvalue weighted by Gasteiger charge is -2.22. The topological polar surface area (TPSA) is 140 Å². The van der Waals surface area contributed by atoms with Crippen LogP contribution in [0, 0.1) is 0 Å². The number of rotatable bonds is 7. The van der Waals surface area contributed by atoms with Crippen molar-refractivity contribution in [2.24, 2.45) is 0 Å². The molecule has 2 heterocycles. The summed E-state index contributed by atoms with van der Waals surface area (Å²) in [6, 6.07) is 10.5. The SMILES string of the molecule is CCS(=O)(=O)c1ccc(-c2nnc(NC(=O)C3CCCN3S(=O)(=O)c3ccc(Cl)cc3)o2)cc1. The van der Waals surface area contributed by atoms with Gasteiger partial charge in [-0.2, -0.15) is 4.31 Å². The first-order valence-electron chi connectivity index (χ1n) is 10.4. The first-order chi connectivity index (χ1) is 16.1. The van der Waals surface area contributed by atoms with Gasteiger partial charge in [-0.1, -0.05) is 23.6 Å². The monoisotopic (exact) mass is 524 g/mol. The van der Waals surface area contributed by atoms with Crippen LogP contribution < -0.4 is 5.32 Å². The molecule has 10 nitrogen and oxygen atoms in total. The molecular formula is C21H21ClN4O6S2. The van der Waals surface area contributed by atoms with E-state index in [0.29, 0.717) is 23.4 Å². The third-order valence-electron chi connectivity index (χ3n) is 5.42. The highest BCUT2D eigenvalue weighted by atomic mass is 35.5. The van der Waals surface area contributed by atoms with Crippen LogP contribution in [-0.4, -0.2) is 55.6 Å². The molecule has 0 bridgehead atoms. The van der Waals surface area contributed by atoms with Gasteiger partial charge in [0.15, 0.2) is 9.84 Å². The highest BCUT2D eigenvalue weighted by Crippen LogP contribution is 2.28. The Bertz CT molecular complexity index is 1400. The van der Waals surface area contributed by atoms with E-state index in [-0.39, 0.29) is 34.0 Å². The molecule has 3 aromatic rings. The van der Waals surface area contributed by atoms with Gasteiger partial charge in [0, 0.05) is 17.1 Å². The number of hydrogen-bond donors (Lipinski definition) is 1. The number of hydrogen-bond acceptors (Lipinski definition) is 8. The highest BCUT2D eigenvalue weighted by molar-refractivity contribution is 7.91. The molecule has 1 saturated heterocycles. The molecule has 1 N–H and O–H groups in total. The number of nitrogens with one attached hydrogen (secondary N) is 1. The standard InChI is InChI=1S/C21H21ClN4O6S2/c1-2-33(28,29)16-9-5-14(6-10-16)20-24-25-21(32-20)23-19(27)18-4-3-13-26(18)34(30,31)17-11-7-15(22)8-12-17/h5-12,18H,2-4,13H2,1H3,(H,23,25,27). The summed E-state index contributed by atoms with van der Waals surface area (Å²) in [6.45, 7) is 1.76. The average molecular weight is 525 g/mol. The van der Waals surface area contributed by atoms with E-state index in [0.717, 1.165) is 4.31 Å². The summed E-state index contributed by atoms with van der Waals surface area (Å²) < 4.78 is 56.6. The zero-order valence-electron chi connectivity index (χ0n) is 18.0. The van der Waals surface area contributed by atoms with Gasteiger partial charge in [-0.3, -0.25) is 10.1 Å². The zero-order chi connectivity index (χ0) is 24.5. The lowest BCUT2D eigenvalue weighted by atomic mass is 10.2. The summed E-state index contributed by atoms with van der Waals surface area (Å²) in [6.07, 6.45) is 0.861. The average Bonchev–Trinajstić information content (AvgIpc) is 3.50. The van der Waals surface area contributed by atoms with Crippen LogP contribution in [0.4, 0.5) is 6.01 Å². The molecule has 0 aliphatic carbocycles. The van der Waals surface area contributed by atoms with Crippen LogP contribution in [0.3, 0.4) is 0 Å². The van der Waals surface area contributed by atoms with Gasteiger partial charge >= 0.3 is 6.01 Å². The van der Waals surface area contributed by atoms with Gasteiger partial charge in [-0.05, 0) is 61.4 Å². The smallest absolute Gasteiger partial charge is 0.322 e. The predicted octanol–water partition coefficient (Wildman–Crippen LogP) is 2.98. The minimum atomic E-state index is -3.90. The molecule has 4 rings (SSSR count). The van der Waals surface area contributed by atoms with Gasteiger partial charge in [0.2, 0.25) is 21.8 Å². The van der Waals surface area contributed by atoms with Crippen LogP contribution in [-0.2, 0) is 24.7 Å². The fraction of sp³-hybridized carbons (Fsp3) is 0.286. The highest BCUT2D eigenvalue weighted by Gasteiger charge is 2.40. The van der Waals surface area contributed by atoms with Crippen molar-refractivity contribution < 1.29 is 26.0 Å². The van der Waals surface area contributed by atoms with Crippen LogP contribution in [0.5, 0.6) is 0 Å². The molecule has 1 aliphatic heterocycles. The van der Waals surface area contributed by atoms with E-state index in [1.165, 1.54) is 48.5 Å². The number of aromatic nitrogens is 2. The Hall–Kier alpha value is -2.80. The molecule has 0 radical (unpaired) electrons. The second kappa shape index (κ2) is 9.45. The molecular weight excluding hydrogens is 504 g/mol. The molecule has 0 saturated carbocycles. The van der Waals surface area contributed by atoms with E-state index in [2.05, 4.69) is 15.5 Å². The number of benzene rings is 2. The number of carbonyl (C=O) groups excluding carboxylic acids is 1. The number of sulfone groups is 1. The molecule has 180 valence electrons. The van der Waals surface area contributed by atoms with Crippen molar-refractivity contribution in [2.45, 2.75) is 35.6 Å². The summed E-state index contributed by atoms with van der Waals surface area (Å²) in [5, 5.41) is 10.6. The lowest BCUT2D eigenvalue weighted by molar-refractivity contribution is -0.119. The van der Waals surface area contributed by atoms with Crippen LogP contribution in [0.1, 0.15) is 19.8 Å². The second-order valence-electron chi connectivity index (χ2n) is 7.56. The number of halogens is 1. The summed E-state index contributed by atoms with van der Waals surface area (Å²) >= 11 is 5.85. The van der Waals surface area contributed by atoms with Gasteiger partial charge in [0.05, 0.1) is 15.5 Å². The van der Waals surface area contributed by atoms with E-state index in [9.17, 15) is 21.6 Å². The van der Waals surface area contributed by atoms with Gasteiger partial charge in [0.25, 0.3) is 0 Å². The summed E-state index contributed by atoms with van der Waals surface area (Å²) in [5.74, 6) is -0.530. The first kappa shape index (κ1) is 24.3. The van der Waals surface area contributed by atoms with Crippen molar-refractivity contribution in [3.05, 3.63) is 53.6 Å². The Kier molecular flexibility index (Phi) is 6.76. The van der Waals surface area contributed by atoms with E-state index in [4.69, 9.17) is 16.0 Å². The molecule has 2 aromatic carbocycles. The van der Waals surface area contributed by atoms with E-state index < -0.39 is 31.8 Å². The minimum absolute atomic E-state index is 0.0188. The van der Waals surface area contributed by atoms with E-state index >= 15 is 0 Å². The lowest BCUT2D eigenvalue weighted by Crippen LogP contribution is -2.43. The number of carbonyl (C=O) groups is 1. The zero-order valence-corrected chi connectivity index (χ0v) is 20.4. The van der Waals surface area contributed by atoms with Crippen LogP contribution in [0.2, 0.25) is 5.02 Å². The summed E-state index contributed by atoms with van der Waals surface area (Å²) in [7, 11) is -7.24. The third-order valence-corrected chi connectivity index (χ3v) is 9.35. The van der Waals surface area contributed by atoms with Crippen molar-refractivity contribution in [1.82, 2.24) is 14.5 Å².